The maximum atomic E-state index is 9.39. The molecule has 0 heterocycles. The minimum Gasteiger partial charge on any atom is -0.392 e. The van der Waals surface area contributed by atoms with E-state index in [1.807, 2.05) is 19.1 Å². The van der Waals surface area contributed by atoms with Crippen LogP contribution < -0.4 is 5.32 Å². The van der Waals surface area contributed by atoms with Crippen molar-refractivity contribution in [3.05, 3.63) is 34.3 Å². The lowest BCUT2D eigenvalue weighted by Gasteiger charge is -2.22. The fourth-order valence-corrected chi connectivity index (χ4v) is 1.65. The van der Waals surface area contributed by atoms with Crippen LogP contribution in [0.15, 0.2) is 28.7 Å². The van der Waals surface area contributed by atoms with E-state index in [1.54, 1.807) is 6.92 Å². The maximum absolute atomic E-state index is 9.39. The highest BCUT2D eigenvalue weighted by Gasteiger charge is 2.12. The van der Waals surface area contributed by atoms with Crippen LogP contribution in [0.1, 0.15) is 32.4 Å². The molecule has 2 nitrogen and oxygen atoms in total. The molecule has 1 aromatic rings. The van der Waals surface area contributed by atoms with Crippen molar-refractivity contribution in [1.82, 2.24) is 5.32 Å². The zero-order valence-electron chi connectivity index (χ0n) is 9.37. The summed E-state index contributed by atoms with van der Waals surface area (Å²) in [5, 5.41) is 12.7. The molecule has 0 aromatic heterocycles. The first-order chi connectivity index (χ1) is 7.00. The molecule has 0 saturated carbocycles. The van der Waals surface area contributed by atoms with Crippen LogP contribution in [0.5, 0.6) is 0 Å². The summed E-state index contributed by atoms with van der Waals surface area (Å²) in [6.45, 7) is 5.88. The molecular weight excluding hydrogens is 254 g/mol. The van der Waals surface area contributed by atoms with Gasteiger partial charge in [-0.15, -0.1) is 0 Å². The van der Waals surface area contributed by atoms with Gasteiger partial charge in [0.05, 0.1) is 6.10 Å². The summed E-state index contributed by atoms with van der Waals surface area (Å²) in [6.07, 6.45) is -0.331. The van der Waals surface area contributed by atoms with Crippen molar-refractivity contribution in [3.63, 3.8) is 0 Å². The molecule has 0 fully saturated rings. The Kier molecular flexibility index (Phi) is 4.77. The molecule has 0 amide bonds. The Bertz CT molecular complexity index is 297. The standard InChI is InChI=1S/C12H18BrNO/c1-8(10(3)15)14-9(2)11-4-6-12(13)7-5-11/h4-10,14-15H,1-3H3/t8?,9-,10?/m1/s1. The number of aliphatic hydroxyl groups excluding tert-OH is 1. The van der Waals surface area contributed by atoms with Gasteiger partial charge in [-0.3, -0.25) is 0 Å². The fourth-order valence-electron chi connectivity index (χ4n) is 1.38. The summed E-state index contributed by atoms with van der Waals surface area (Å²) < 4.78 is 1.09. The van der Waals surface area contributed by atoms with E-state index in [-0.39, 0.29) is 18.2 Å². The van der Waals surface area contributed by atoms with E-state index >= 15 is 0 Å². The predicted octanol–water partition coefficient (Wildman–Crippen LogP) is 2.87. The summed E-state index contributed by atoms with van der Waals surface area (Å²) in [5.41, 5.74) is 1.23. The van der Waals surface area contributed by atoms with E-state index in [2.05, 4.69) is 40.3 Å². The number of aliphatic hydroxyl groups is 1. The number of benzene rings is 1. The lowest BCUT2D eigenvalue weighted by molar-refractivity contribution is 0.147. The molecule has 0 spiro atoms. The van der Waals surface area contributed by atoms with Gasteiger partial charge in [-0.2, -0.15) is 0 Å². The molecule has 3 heteroatoms. The van der Waals surface area contributed by atoms with Crippen LogP contribution in [0.3, 0.4) is 0 Å². The van der Waals surface area contributed by atoms with Gasteiger partial charge in [0.15, 0.2) is 0 Å². The summed E-state index contributed by atoms with van der Waals surface area (Å²) in [6, 6.07) is 8.57. The predicted molar refractivity (Wildman–Crippen MR) is 66.8 cm³/mol. The average Bonchev–Trinajstić information content (AvgIpc) is 2.18. The zero-order valence-corrected chi connectivity index (χ0v) is 11.0. The van der Waals surface area contributed by atoms with Gasteiger partial charge >= 0.3 is 0 Å². The number of halogens is 1. The first kappa shape index (κ1) is 12.7. The Hall–Kier alpha value is -0.380. The maximum Gasteiger partial charge on any atom is 0.0662 e. The second-order valence-corrected chi connectivity index (χ2v) is 4.88. The summed E-state index contributed by atoms with van der Waals surface area (Å²) in [5.74, 6) is 0. The van der Waals surface area contributed by atoms with E-state index in [9.17, 15) is 5.11 Å². The Morgan fingerprint density at radius 2 is 1.67 bits per heavy atom. The second kappa shape index (κ2) is 5.64. The molecule has 0 aliphatic rings. The van der Waals surface area contributed by atoms with Crippen molar-refractivity contribution < 1.29 is 5.11 Å². The van der Waals surface area contributed by atoms with Gasteiger partial charge in [0, 0.05) is 16.6 Å². The van der Waals surface area contributed by atoms with Crippen molar-refractivity contribution in [3.8, 4) is 0 Å². The van der Waals surface area contributed by atoms with Gasteiger partial charge in [-0.1, -0.05) is 28.1 Å². The molecule has 0 radical (unpaired) electrons. The Balaban J connectivity index is 2.61. The zero-order chi connectivity index (χ0) is 11.4. The van der Waals surface area contributed by atoms with Crippen LogP contribution in [-0.2, 0) is 0 Å². The highest BCUT2D eigenvalue weighted by molar-refractivity contribution is 9.10. The van der Waals surface area contributed by atoms with Gasteiger partial charge in [0.2, 0.25) is 0 Å². The van der Waals surface area contributed by atoms with Gasteiger partial charge in [-0.05, 0) is 38.5 Å². The van der Waals surface area contributed by atoms with Gasteiger partial charge in [0.1, 0.15) is 0 Å². The molecule has 2 N–H and O–H groups in total. The van der Waals surface area contributed by atoms with Crippen molar-refractivity contribution in [2.24, 2.45) is 0 Å². The van der Waals surface area contributed by atoms with Crippen molar-refractivity contribution in [1.29, 1.82) is 0 Å². The third-order valence-electron chi connectivity index (χ3n) is 2.61. The van der Waals surface area contributed by atoms with Crippen molar-refractivity contribution in [2.45, 2.75) is 39.0 Å². The monoisotopic (exact) mass is 271 g/mol. The number of hydrogen-bond donors (Lipinski definition) is 2. The minimum absolute atomic E-state index is 0.101. The highest BCUT2D eigenvalue weighted by Crippen LogP contribution is 2.17. The third-order valence-corrected chi connectivity index (χ3v) is 3.14. The van der Waals surface area contributed by atoms with E-state index in [4.69, 9.17) is 0 Å². The Morgan fingerprint density at radius 1 is 1.13 bits per heavy atom. The molecule has 84 valence electrons. The molecule has 0 aliphatic heterocycles. The number of rotatable bonds is 4. The van der Waals surface area contributed by atoms with Crippen molar-refractivity contribution >= 4 is 15.9 Å². The fraction of sp³-hybridized carbons (Fsp3) is 0.500. The first-order valence-electron chi connectivity index (χ1n) is 5.20. The van der Waals surface area contributed by atoms with Gasteiger partial charge in [-0.25, -0.2) is 0 Å². The lowest BCUT2D eigenvalue weighted by atomic mass is 10.1. The molecule has 0 bridgehead atoms. The lowest BCUT2D eigenvalue weighted by Crippen LogP contribution is -2.37. The third kappa shape index (κ3) is 3.93. The number of hydrogen-bond acceptors (Lipinski definition) is 2. The van der Waals surface area contributed by atoms with Crippen molar-refractivity contribution in [2.75, 3.05) is 0 Å². The summed E-state index contributed by atoms with van der Waals surface area (Å²) >= 11 is 3.41. The quantitative estimate of drug-likeness (QED) is 0.883. The minimum atomic E-state index is -0.331. The molecular formula is C12H18BrNO. The average molecular weight is 272 g/mol. The first-order valence-corrected chi connectivity index (χ1v) is 5.99. The van der Waals surface area contributed by atoms with E-state index in [0.29, 0.717) is 0 Å². The number of nitrogens with one attached hydrogen (secondary N) is 1. The van der Waals surface area contributed by atoms with Crippen LogP contribution in [0, 0.1) is 0 Å². The Labute approximate surface area is 99.8 Å². The van der Waals surface area contributed by atoms with E-state index in [0.717, 1.165) is 4.47 Å². The molecule has 0 aliphatic carbocycles. The molecule has 15 heavy (non-hydrogen) atoms. The van der Waals surface area contributed by atoms with Gasteiger partial charge in [0.25, 0.3) is 0 Å². The van der Waals surface area contributed by atoms with Crippen LogP contribution in [0.2, 0.25) is 0 Å². The van der Waals surface area contributed by atoms with Crippen LogP contribution in [-0.4, -0.2) is 17.3 Å². The molecule has 0 saturated heterocycles. The molecule has 1 rings (SSSR count). The van der Waals surface area contributed by atoms with Gasteiger partial charge < -0.3 is 10.4 Å². The SMILES string of the molecule is CC(O)C(C)N[C@H](C)c1ccc(Br)cc1. The topological polar surface area (TPSA) is 32.3 Å². The largest absolute Gasteiger partial charge is 0.392 e. The molecule has 1 aromatic carbocycles. The highest BCUT2D eigenvalue weighted by atomic mass is 79.9. The van der Waals surface area contributed by atoms with E-state index in [1.165, 1.54) is 5.56 Å². The molecule has 2 unspecified atom stereocenters. The van der Waals surface area contributed by atoms with E-state index < -0.39 is 0 Å². The molecule has 3 atom stereocenters. The smallest absolute Gasteiger partial charge is 0.0662 e. The normalized spacial score (nSPS) is 17.1. The second-order valence-electron chi connectivity index (χ2n) is 3.97. The summed E-state index contributed by atoms with van der Waals surface area (Å²) in [4.78, 5) is 0. The van der Waals surface area contributed by atoms with Crippen LogP contribution >= 0.6 is 15.9 Å². The van der Waals surface area contributed by atoms with Crippen LogP contribution in [0.25, 0.3) is 0 Å². The summed E-state index contributed by atoms with van der Waals surface area (Å²) in [7, 11) is 0. The van der Waals surface area contributed by atoms with Crippen LogP contribution in [0.4, 0.5) is 0 Å². The Morgan fingerprint density at radius 3 is 2.13 bits per heavy atom.